The van der Waals surface area contributed by atoms with Gasteiger partial charge in [0.05, 0.1) is 31.6 Å². The van der Waals surface area contributed by atoms with Crippen LogP contribution in [0.2, 0.25) is 0 Å². The summed E-state index contributed by atoms with van der Waals surface area (Å²) in [6, 6.07) is 9.97. The maximum atomic E-state index is 13.1. The number of benzene rings is 1. The minimum atomic E-state index is -0.418. The maximum Gasteiger partial charge on any atom is 0.239 e. The number of hydrogen-bond acceptors (Lipinski definition) is 6. The van der Waals surface area contributed by atoms with E-state index in [1.54, 1.807) is 0 Å². The molecule has 3 aliphatic heterocycles. The summed E-state index contributed by atoms with van der Waals surface area (Å²) < 4.78 is 11.8. The molecule has 2 saturated heterocycles. The van der Waals surface area contributed by atoms with E-state index in [0.29, 0.717) is 32.9 Å². The average Bonchev–Trinajstić information content (AvgIpc) is 2.85. The van der Waals surface area contributed by atoms with Crippen LogP contribution in [-0.2, 0) is 26.3 Å². The third kappa shape index (κ3) is 3.97. The largest absolute Gasteiger partial charge is 0.379 e. The lowest BCUT2D eigenvalue weighted by atomic mass is 9.83. The number of carbonyl (C=O) groups excluding carboxylic acids is 1. The molecule has 3 aliphatic rings. The average molecular weight is 423 g/mol. The third-order valence-electron chi connectivity index (χ3n) is 6.91. The molecule has 5 rings (SSSR count). The van der Waals surface area contributed by atoms with Gasteiger partial charge in [-0.15, -0.1) is 0 Å². The molecule has 2 aromatic rings. The van der Waals surface area contributed by atoms with Crippen LogP contribution < -0.4 is 0 Å². The summed E-state index contributed by atoms with van der Waals surface area (Å²) in [6.45, 7) is 7.13. The summed E-state index contributed by atoms with van der Waals surface area (Å²) in [5.41, 5.74) is 2.78. The van der Waals surface area contributed by atoms with Crippen LogP contribution in [0.5, 0.6) is 0 Å². The molecule has 0 aliphatic carbocycles. The standard InChI is InChI=1S/C24H30N4O3/c1-18(27-12-15-30-16-13-27)23(29)28-10-8-24(9-11-28)21-20(7-14-31-24)17-25-22(26-21)19-5-3-2-4-6-19/h2-6,17-18H,7-16H2,1H3. The van der Waals surface area contributed by atoms with Crippen LogP contribution >= 0.6 is 0 Å². The van der Waals surface area contributed by atoms with E-state index in [1.807, 2.05) is 48.4 Å². The van der Waals surface area contributed by atoms with Gasteiger partial charge in [-0.3, -0.25) is 9.69 Å². The first kappa shape index (κ1) is 20.5. The number of ether oxygens (including phenoxy) is 2. The molecule has 4 heterocycles. The minimum absolute atomic E-state index is 0.107. The van der Waals surface area contributed by atoms with Crippen LogP contribution in [0.1, 0.15) is 31.0 Å². The summed E-state index contributed by atoms with van der Waals surface area (Å²) in [7, 11) is 0. The molecule has 7 nitrogen and oxygen atoms in total. The Morgan fingerprint density at radius 3 is 2.55 bits per heavy atom. The summed E-state index contributed by atoms with van der Waals surface area (Å²) in [6.07, 6.45) is 4.34. The number of morpholine rings is 1. The predicted octanol–water partition coefficient (Wildman–Crippen LogP) is 2.25. The Kier molecular flexibility index (Phi) is 5.73. The number of fused-ring (bicyclic) bond motifs is 2. The van der Waals surface area contributed by atoms with Crippen molar-refractivity contribution in [3.63, 3.8) is 0 Å². The molecule has 0 N–H and O–H groups in total. The zero-order valence-electron chi connectivity index (χ0n) is 18.1. The topological polar surface area (TPSA) is 67.8 Å². The van der Waals surface area contributed by atoms with Gasteiger partial charge in [0.25, 0.3) is 0 Å². The van der Waals surface area contributed by atoms with E-state index in [1.165, 1.54) is 5.56 Å². The number of amides is 1. The summed E-state index contributed by atoms with van der Waals surface area (Å²) in [5, 5.41) is 0. The molecule has 0 saturated carbocycles. The lowest BCUT2D eigenvalue weighted by Gasteiger charge is -2.45. The van der Waals surface area contributed by atoms with Crippen LogP contribution in [0.25, 0.3) is 11.4 Å². The molecule has 2 fully saturated rings. The lowest BCUT2D eigenvalue weighted by Crippen LogP contribution is -2.55. The highest BCUT2D eigenvalue weighted by atomic mass is 16.5. The van der Waals surface area contributed by atoms with Crippen molar-refractivity contribution in [2.45, 2.75) is 37.8 Å². The molecule has 1 unspecified atom stereocenters. The number of piperidine rings is 1. The van der Waals surface area contributed by atoms with Gasteiger partial charge < -0.3 is 14.4 Å². The van der Waals surface area contributed by atoms with Crippen LogP contribution in [0.4, 0.5) is 0 Å². The van der Waals surface area contributed by atoms with E-state index in [0.717, 1.165) is 49.4 Å². The second-order valence-corrected chi connectivity index (χ2v) is 8.68. The minimum Gasteiger partial charge on any atom is -0.379 e. The van der Waals surface area contributed by atoms with Gasteiger partial charge in [-0.05, 0) is 31.7 Å². The molecule has 164 valence electrons. The zero-order valence-corrected chi connectivity index (χ0v) is 18.1. The van der Waals surface area contributed by atoms with Crippen molar-refractivity contribution < 1.29 is 14.3 Å². The molecule has 1 aromatic carbocycles. The number of likely N-dealkylation sites (tertiary alicyclic amines) is 1. The molecule has 0 bridgehead atoms. The number of carbonyl (C=O) groups is 1. The van der Waals surface area contributed by atoms with Crippen molar-refractivity contribution in [3.05, 3.63) is 47.8 Å². The van der Waals surface area contributed by atoms with Crippen molar-refractivity contribution in [2.24, 2.45) is 0 Å². The van der Waals surface area contributed by atoms with Crippen LogP contribution in [0, 0.1) is 0 Å². The number of hydrogen-bond donors (Lipinski definition) is 0. The Bertz CT molecular complexity index is 922. The van der Waals surface area contributed by atoms with Crippen molar-refractivity contribution in [3.8, 4) is 11.4 Å². The van der Waals surface area contributed by atoms with E-state index >= 15 is 0 Å². The molecule has 1 atom stereocenters. The second-order valence-electron chi connectivity index (χ2n) is 8.68. The number of aromatic nitrogens is 2. The van der Waals surface area contributed by atoms with Gasteiger partial charge in [0, 0.05) is 37.9 Å². The van der Waals surface area contributed by atoms with Gasteiger partial charge in [-0.25, -0.2) is 9.97 Å². The Morgan fingerprint density at radius 2 is 1.81 bits per heavy atom. The quantitative estimate of drug-likeness (QED) is 0.756. The lowest BCUT2D eigenvalue weighted by molar-refractivity contribution is -0.147. The Balaban J connectivity index is 1.33. The maximum absolute atomic E-state index is 13.1. The molecule has 7 heteroatoms. The normalized spacial score (nSPS) is 22.2. The number of nitrogens with zero attached hydrogens (tertiary/aromatic N) is 4. The SMILES string of the molecule is CC(C(=O)N1CCC2(CC1)OCCc1cnc(-c3ccccc3)nc12)N1CCOCC1. The van der Waals surface area contributed by atoms with Crippen LogP contribution in [-0.4, -0.2) is 77.7 Å². The van der Waals surface area contributed by atoms with Gasteiger partial charge in [0.1, 0.15) is 5.60 Å². The highest BCUT2D eigenvalue weighted by molar-refractivity contribution is 5.81. The fourth-order valence-electron chi connectivity index (χ4n) is 4.99. The fourth-order valence-corrected chi connectivity index (χ4v) is 4.99. The highest BCUT2D eigenvalue weighted by Crippen LogP contribution is 2.41. The summed E-state index contributed by atoms with van der Waals surface area (Å²) in [4.78, 5) is 26.9. The fraction of sp³-hybridized carbons (Fsp3) is 0.542. The Labute approximate surface area is 183 Å². The zero-order chi connectivity index (χ0) is 21.3. The van der Waals surface area contributed by atoms with Crippen LogP contribution in [0.15, 0.2) is 36.5 Å². The van der Waals surface area contributed by atoms with E-state index in [4.69, 9.17) is 14.5 Å². The van der Waals surface area contributed by atoms with E-state index in [9.17, 15) is 4.79 Å². The second kappa shape index (κ2) is 8.65. The molecular formula is C24H30N4O3. The molecule has 1 aromatic heterocycles. The van der Waals surface area contributed by atoms with Crippen molar-refractivity contribution in [1.29, 1.82) is 0 Å². The van der Waals surface area contributed by atoms with Gasteiger partial charge >= 0.3 is 0 Å². The molecule has 0 radical (unpaired) electrons. The van der Waals surface area contributed by atoms with E-state index < -0.39 is 5.60 Å². The Morgan fingerprint density at radius 1 is 1.06 bits per heavy atom. The molecule has 31 heavy (non-hydrogen) atoms. The smallest absolute Gasteiger partial charge is 0.239 e. The van der Waals surface area contributed by atoms with Crippen molar-refractivity contribution >= 4 is 5.91 Å². The van der Waals surface area contributed by atoms with Gasteiger partial charge in [0.2, 0.25) is 5.91 Å². The first-order chi connectivity index (χ1) is 15.2. The third-order valence-corrected chi connectivity index (χ3v) is 6.91. The predicted molar refractivity (Wildman–Crippen MR) is 116 cm³/mol. The van der Waals surface area contributed by atoms with E-state index in [-0.39, 0.29) is 11.9 Å². The summed E-state index contributed by atoms with van der Waals surface area (Å²) in [5.74, 6) is 0.948. The van der Waals surface area contributed by atoms with Gasteiger partial charge in [0.15, 0.2) is 5.82 Å². The molecule has 1 spiro atoms. The summed E-state index contributed by atoms with van der Waals surface area (Å²) >= 11 is 0. The molecule has 1 amide bonds. The van der Waals surface area contributed by atoms with E-state index in [2.05, 4.69) is 9.88 Å². The van der Waals surface area contributed by atoms with Gasteiger partial charge in [-0.1, -0.05) is 30.3 Å². The van der Waals surface area contributed by atoms with Gasteiger partial charge in [-0.2, -0.15) is 0 Å². The van der Waals surface area contributed by atoms with Crippen LogP contribution in [0.3, 0.4) is 0 Å². The first-order valence-corrected chi connectivity index (χ1v) is 11.3. The number of rotatable bonds is 3. The monoisotopic (exact) mass is 422 g/mol. The first-order valence-electron chi connectivity index (χ1n) is 11.3. The van der Waals surface area contributed by atoms with Crippen molar-refractivity contribution in [1.82, 2.24) is 19.8 Å². The molecular weight excluding hydrogens is 392 g/mol. The highest BCUT2D eigenvalue weighted by Gasteiger charge is 2.44. The van der Waals surface area contributed by atoms with Crippen molar-refractivity contribution in [2.75, 3.05) is 46.0 Å². The Hall–Kier alpha value is -2.35.